The van der Waals surface area contributed by atoms with Gasteiger partial charge < -0.3 is 24.0 Å². The van der Waals surface area contributed by atoms with Crippen LogP contribution in [0.25, 0.3) is 42.1 Å². The standard InChI is InChI=1S/C79H77BN4OS/c1-48-41-67-72-68(42-48)82(64-24-20-23-57-54-21-12-14-25-69(54)85-73(57)64)66-46-53(84-63-36-28-50(75(5,6)7)44-59(63)77(9)38-17-19-40-79(77,84)11)31-34-61(66)80(72)60-33-30-52(45-65(60)81(67)51-29-32-56-55-22-13-15-26-70(55)86-71(56)47-51)83-62-35-27-49(74(2,3)4)43-58(62)76(8)37-16-18-39-78(76,83)10/h12-15,20-36,41-47H,16-19,37-40H2,1-11H3. The molecule has 2 aromatic heterocycles. The minimum Gasteiger partial charge on any atom is -0.454 e. The largest absolute Gasteiger partial charge is 0.454 e. The molecule has 4 aliphatic heterocycles. The van der Waals surface area contributed by atoms with Crippen molar-refractivity contribution >= 4 is 133 Å². The highest BCUT2D eigenvalue weighted by atomic mass is 32.1. The third kappa shape index (κ3) is 6.95. The summed E-state index contributed by atoms with van der Waals surface area (Å²) in [4.78, 5) is 10.9. The van der Waals surface area contributed by atoms with Gasteiger partial charge in [0.05, 0.1) is 16.8 Å². The van der Waals surface area contributed by atoms with Crippen molar-refractivity contribution in [2.75, 3.05) is 19.6 Å². The van der Waals surface area contributed by atoms with E-state index in [-0.39, 0.29) is 39.5 Å². The average molecular weight is 1140 g/mol. The van der Waals surface area contributed by atoms with E-state index in [4.69, 9.17) is 4.42 Å². The van der Waals surface area contributed by atoms with Gasteiger partial charge in [-0.15, -0.1) is 11.3 Å². The Morgan fingerprint density at radius 3 is 1.57 bits per heavy atom. The average Bonchev–Trinajstić information content (AvgIpc) is 1.28. The lowest BCUT2D eigenvalue weighted by Gasteiger charge is -2.51. The molecule has 2 aliphatic carbocycles. The Balaban J connectivity index is 0.938. The number of rotatable bonds is 4. The summed E-state index contributed by atoms with van der Waals surface area (Å²) in [5.74, 6) is 0. The van der Waals surface area contributed by atoms with Crippen molar-refractivity contribution in [2.45, 2.75) is 160 Å². The monoisotopic (exact) mass is 1140 g/mol. The van der Waals surface area contributed by atoms with Gasteiger partial charge in [-0.3, -0.25) is 0 Å². The molecule has 11 aromatic rings. The van der Waals surface area contributed by atoms with E-state index in [9.17, 15) is 0 Å². The van der Waals surface area contributed by atoms with Gasteiger partial charge in [0.2, 0.25) is 0 Å². The number of para-hydroxylation sites is 2. The van der Waals surface area contributed by atoms with Crippen molar-refractivity contribution < 1.29 is 4.42 Å². The molecule has 0 N–H and O–H groups in total. The Hall–Kier alpha value is -7.74. The minimum absolute atomic E-state index is 0.00863. The maximum atomic E-state index is 7.12. The molecule has 4 unspecified atom stereocenters. The van der Waals surface area contributed by atoms with Crippen molar-refractivity contribution in [3.05, 3.63) is 198 Å². The molecular formula is C79H77BN4OS. The van der Waals surface area contributed by atoms with Crippen molar-refractivity contribution in [2.24, 2.45) is 0 Å². The van der Waals surface area contributed by atoms with Crippen LogP contribution in [0.2, 0.25) is 0 Å². The fourth-order valence-electron chi connectivity index (χ4n) is 17.9. The molecule has 5 nitrogen and oxygen atoms in total. The summed E-state index contributed by atoms with van der Waals surface area (Å²) in [6.07, 6.45) is 9.57. The molecule has 0 saturated heterocycles. The summed E-state index contributed by atoms with van der Waals surface area (Å²) in [5.41, 5.74) is 25.0. The lowest BCUT2D eigenvalue weighted by Crippen LogP contribution is -2.61. The van der Waals surface area contributed by atoms with E-state index in [0.717, 1.165) is 40.5 Å². The Morgan fingerprint density at radius 2 is 0.953 bits per heavy atom. The lowest BCUT2D eigenvalue weighted by molar-refractivity contribution is 0.195. The molecule has 428 valence electrons. The fourth-order valence-corrected chi connectivity index (χ4v) is 19.0. The second-order valence-electron chi connectivity index (χ2n) is 29.6. The quantitative estimate of drug-likeness (QED) is 0.164. The highest BCUT2D eigenvalue weighted by molar-refractivity contribution is 7.25. The first-order chi connectivity index (χ1) is 41.3. The Kier molecular flexibility index (Phi) is 10.8. The molecule has 6 heterocycles. The van der Waals surface area contributed by atoms with E-state index >= 15 is 0 Å². The summed E-state index contributed by atoms with van der Waals surface area (Å²) >= 11 is 1.90. The third-order valence-electron chi connectivity index (χ3n) is 22.9. The summed E-state index contributed by atoms with van der Waals surface area (Å²) < 4.78 is 9.74. The fraction of sp³-hybridized carbons (Fsp3) is 0.316. The summed E-state index contributed by atoms with van der Waals surface area (Å²) in [6.45, 7) is 26.8. The number of nitrogens with zero attached hydrogens (tertiary/aromatic N) is 4. The van der Waals surface area contributed by atoms with Crippen LogP contribution in [0.1, 0.15) is 148 Å². The highest BCUT2D eigenvalue weighted by Gasteiger charge is 2.60. The molecule has 6 aliphatic rings. The maximum absolute atomic E-state index is 7.12. The second-order valence-corrected chi connectivity index (χ2v) is 30.7. The van der Waals surface area contributed by atoms with Gasteiger partial charge in [-0.25, -0.2) is 0 Å². The molecule has 2 saturated carbocycles. The van der Waals surface area contributed by atoms with E-state index in [1.807, 2.05) is 11.3 Å². The molecule has 2 fully saturated rings. The van der Waals surface area contributed by atoms with Gasteiger partial charge in [-0.05, 0) is 180 Å². The van der Waals surface area contributed by atoms with Gasteiger partial charge in [-0.2, -0.15) is 0 Å². The van der Waals surface area contributed by atoms with E-state index in [0.29, 0.717) is 0 Å². The maximum Gasteiger partial charge on any atom is 0.252 e. The van der Waals surface area contributed by atoms with Gasteiger partial charge in [0, 0.05) is 93.0 Å². The van der Waals surface area contributed by atoms with Gasteiger partial charge in [-0.1, -0.05) is 172 Å². The van der Waals surface area contributed by atoms with Gasteiger partial charge in [0.15, 0.2) is 5.58 Å². The number of hydrogen-bond acceptors (Lipinski definition) is 6. The van der Waals surface area contributed by atoms with Crippen LogP contribution in [-0.2, 0) is 21.7 Å². The Labute approximate surface area is 512 Å². The molecule has 0 amide bonds. The number of aryl methyl sites for hydroxylation is 1. The van der Waals surface area contributed by atoms with E-state index in [2.05, 4.69) is 266 Å². The summed E-state index contributed by atoms with van der Waals surface area (Å²) in [5, 5.41) is 4.90. The first kappa shape index (κ1) is 52.6. The van der Waals surface area contributed by atoms with Crippen molar-refractivity contribution in [3.8, 4) is 0 Å². The van der Waals surface area contributed by atoms with Gasteiger partial charge in [0.1, 0.15) is 5.58 Å². The SMILES string of the molecule is Cc1cc2c3c(c1)N(c1cccc4c1oc1ccccc14)c1cc(N4c5ccc(C(C)(C)C)cc5C5(C)CCCCC45C)ccc1B3c1ccc(N3c4ccc(C(C)(C)C)cc4C4(C)CCCCC34C)cc1N2c1ccc2c(c1)sc1ccccc12. The van der Waals surface area contributed by atoms with Crippen molar-refractivity contribution in [1.82, 2.24) is 0 Å². The van der Waals surface area contributed by atoms with E-state index < -0.39 is 0 Å². The Bertz CT molecular complexity index is 4730. The summed E-state index contributed by atoms with van der Waals surface area (Å²) in [6, 6.07) is 66.8. The molecule has 17 rings (SSSR count). The zero-order chi connectivity index (χ0) is 58.8. The van der Waals surface area contributed by atoms with Gasteiger partial charge in [0.25, 0.3) is 6.71 Å². The zero-order valence-electron chi connectivity index (χ0n) is 52.0. The van der Waals surface area contributed by atoms with E-state index in [1.165, 1.54) is 154 Å². The molecule has 0 radical (unpaired) electrons. The predicted molar refractivity (Wildman–Crippen MR) is 368 cm³/mol. The normalized spacial score (nSPS) is 23.0. The van der Waals surface area contributed by atoms with Crippen LogP contribution in [0, 0.1) is 6.92 Å². The summed E-state index contributed by atoms with van der Waals surface area (Å²) in [7, 11) is 0. The van der Waals surface area contributed by atoms with Crippen molar-refractivity contribution in [1.29, 1.82) is 0 Å². The zero-order valence-corrected chi connectivity index (χ0v) is 52.8. The lowest BCUT2D eigenvalue weighted by atomic mass is 9.33. The number of benzene rings is 9. The molecule has 9 aromatic carbocycles. The number of hydrogen-bond donors (Lipinski definition) is 0. The van der Waals surface area contributed by atoms with Gasteiger partial charge >= 0.3 is 0 Å². The molecule has 7 heteroatoms. The number of furan rings is 1. The van der Waals surface area contributed by atoms with E-state index in [1.54, 1.807) is 0 Å². The predicted octanol–water partition coefficient (Wildman–Crippen LogP) is 20.4. The second kappa shape index (κ2) is 17.7. The molecule has 4 atom stereocenters. The van der Waals surface area contributed by atoms with Crippen LogP contribution >= 0.6 is 11.3 Å². The van der Waals surface area contributed by atoms with Crippen LogP contribution in [0.3, 0.4) is 0 Å². The molecule has 0 spiro atoms. The third-order valence-corrected chi connectivity index (χ3v) is 24.0. The Morgan fingerprint density at radius 1 is 0.430 bits per heavy atom. The van der Waals surface area contributed by atoms with Crippen LogP contribution in [0.5, 0.6) is 0 Å². The van der Waals surface area contributed by atoms with Crippen LogP contribution in [-0.4, -0.2) is 17.8 Å². The smallest absolute Gasteiger partial charge is 0.252 e. The topological polar surface area (TPSA) is 26.1 Å². The first-order valence-electron chi connectivity index (χ1n) is 32.0. The molecule has 0 bridgehead atoms. The highest BCUT2D eigenvalue weighted by Crippen LogP contribution is 2.64. The van der Waals surface area contributed by atoms with Crippen LogP contribution in [0.15, 0.2) is 174 Å². The first-order valence-corrected chi connectivity index (χ1v) is 32.8. The number of thiophene rings is 1. The molecular weight excluding hydrogens is 1060 g/mol. The minimum atomic E-state index is -0.129. The van der Waals surface area contributed by atoms with Crippen LogP contribution in [0.4, 0.5) is 56.9 Å². The van der Waals surface area contributed by atoms with Crippen molar-refractivity contribution in [3.63, 3.8) is 0 Å². The van der Waals surface area contributed by atoms with Crippen LogP contribution < -0.4 is 36.0 Å². The number of anilines is 10. The number of fused-ring (bicyclic) bond motifs is 16. The molecule has 86 heavy (non-hydrogen) atoms.